The Balaban J connectivity index is 1.22. The molecule has 96 heavy (non-hydrogen) atoms. The van der Waals surface area contributed by atoms with Crippen molar-refractivity contribution in [3.05, 3.63) is 95.1 Å². The zero-order chi connectivity index (χ0) is 70.5. The van der Waals surface area contributed by atoms with E-state index in [1.807, 2.05) is 48.5 Å². The molecule has 0 aromatic heterocycles. The van der Waals surface area contributed by atoms with Crippen LogP contribution in [-0.2, 0) is 75.2 Å². The Kier molecular flexibility index (Phi) is 35.9. The van der Waals surface area contributed by atoms with Crippen LogP contribution >= 0.6 is 0 Å². The highest BCUT2D eigenvalue weighted by atomic mass is 16.6. The second-order valence-electron chi connectivity index (χ2n) is 23.2. The molecule has 0 spiro atoms. The van der Waals surface area contributed by atoms with Crippen molar-refractivity contribution in [3.63, 3.8) is 0 Å². The molecule has 0 radical (unpaired) electrons. The number of fused-ring (bicyclic) bond motifs is 2. The van der Waals surface area contributed by atoms with Crippen molar-refractivity contribution in [2.75, 3.05) is 96.4 Å². The summed E-state index contributed by atoms with van der Waals surface area (Å²) in [6.45, 7) is 7.46. The van der Waals surface area contributed by atoms with Gasteiger partial charge in [0.1, 0.15) is 36.9 Å². The van der Waals surface area contributed by atoms with E-state index in [9.17, 15) is 63.3 Å². The van der Waals surface area contributed by atoms with Crippen LogP contribution in [0.3, 0.4) is 0 Å². The summed E-state index contributed by atoms with van der Waals surface area (Å²) in [5, 5.41) is 57.8. The number of carbonyl (C=O) groups excluding carboxylic acids is 10. The third-order valence-corrected chi connectivity index (χ3v) is 15.0. The van der Waals surface area contributed by atoms with Crippen LogP contribution in [-0.4, -0.2) is 213 Å². The lowest BCUT2D eigenvalue weighted by Crippen LogP contribution is -2.58. The minimum Gasteiger partial charge on any atom is -0.445 e. The average Bonchev–Trinajstić information content (AvgIpc) is 0.826. The minimum absolute atomic E-state index is 0.00110. The minimum atomic E-state index is -1.71. The Hall–Kier alpha value is -8.80. The quantitative estimate of drug-likeness (QED) is 0.0260. The molecule has 3 aromatic carbocycles. The van der Waals surface area contributed by atoms with Gasteiger partial charge in [-0.25, -0.2) is 9.59 Å². The number of ether oxygens (including phenoxy) is 5. The highest BCUT2D eigenvalue weighted by molar-refractivity contribution is 5.99. The van der Waals surface area contributed by atoms with Gasteiger partial charge in [0.15, 0.2) is 0 Å². The van der Waals surface area contributed by atoms with Gasteiger partial charge in [0.2, 0.25) is 47.3 Å². The van der Waals surface area contributed by atoms with Crippen molar-refractivity contribution in [2.45, 2.75) is 135 Å². The summed E-state index contributed by atoms with van der Waals surface area (Å²) >= 11 is 0. The first-order valence-corrected chi connectivity index (χ1v) is 31.9. The van der Waals surface area contributed by atoms with E-state index in [4.69, 9.17) is 40.3 Å². The van der Waals surface area contributed by atoms with Crippen molar-refractivity contribution >= 4 is 70.8 Å². The van der Waals surface area contributed by atoms with Crippen LogP contribution in [0.2, 0.25) is 0 Å². The number of amides is 11. The zero-order valence-corrected chi connectivity index (χ0v) is 55.1. The third kappa shape index (κ3) is 29.0. The molecule has 3 aromatic rings. The van der Waals surface area contributed by atoms with Crippen molar-refractivity contribution in [2.24, 2.45) is 23.3 Å². The van der Waals surface area contributed by atoms with Crippen molar-refractivity contribution in [1.82, 2.24) is 36.8 Å². The molecule has 7 atom stereocenters. The Morgan fingerprint density at radius 1 is 0.594 bits per heavy atom. The monoisotopic (exact) mass is 1350 g/mol. The van der Waals surface area contributed by atoms with Crippen LogP contribution in [0.25, 0.3) is 0 Å². The number of rotatable bonds is 44. The number of nitrogens with zero attached hydrogens (tertiary/aromatic N) is 2. The summed E-state index contributed by atoms with van der Waals surface area (Å²) in [4.78, 5) is 133. The fraction of sp³-hybridized carbons (Fsp3) is 0.545. The Morgan fingerprint density at radius 2 is 1.20 bits per heavy atom. The number of likely N-dealkylation sites (N-methyl/N-ethyl adjacent to an activating group) is 1. The Morgan fingerprint density at radius 3 is 1.83 bits per heavy atom. The summed E-state index contributed by atoms with van der Waals surface area (Å²) in [7, 11) is 1.40. The lowest BCUT2D eigenvalue weighted by Gasteiger charge is -2.27. The molecular formula is C66H95N11O19. The lowest BCUT2D eigenvalue weighted by molar-refractivity contribution is -0.134. The number of aliphatic hydroxyl groups excluding tert-OH is 4. The molecule has 1 unspecified atom stereocenters. The molecule has 15 N–H and O–H groups in total. The fourth-order valence-electron chi connectivity index (χ4n) is 9.72. The number of hydrogen-bond acceptors (Lipinski definition) is 19. The van der Waals surface area contributed by atoms with Crippen LogP contribution < -0.4 is 53.6 Å². The van der Waals surface area contributed by atoms with Crippen LogP contribution in [0.4, 0.5) is 21.0 Å². The number of primary amides is 2. The number of benzene rings is 3. The molecule has 1 heterocycles. The molecular weight excluding hydrogens is 1250 g/mol. The Labute approximate surface area is 558 Å². The zero-order valence-electron chi connectivity index (χ0n) is 55.1. The van der Waals surface area contributed by atoms with E-state index in [-0.39, 0.29) is 141 Å². The highest BCUT2D eigenvalue weighted by Crippen LogP contribution is 2.26. The molecule has 1 aliphatic heterocycles. The smallest absolute Gasteiger partial charge is 0.410 e. The molecule has 11 amide bonds. The normalized spacial score (nSPS) is 13.8. The molecule has 30 heteroatoms. The van der Waals surface area contributed by atoms with Gasteiger partial charge < -0.3 is 97.7 Å². The van der Waals surface area contributed by atoms with E-state index >= 15 is 0 Å². The van der Waals surface area contributed by atoms with Gasteiger partial charge in [0.25, 0.3) is 0 Å². The second kappa shape index (κ2) is 43.3. The number of nitrogens with one attached hydrogen (secondary N) is 7. The number of nitrogens with two attached hydrogens (primary N) is 2. The van der Waals surface area contributed by atoms with E-state index in [1.165, 1.54) is 19.2 Å². The Bertz CT molecular complexity index is 3070. The van der Waals surface area contributed by atoms with Crippen molar-refractivity contribution in [3.8, 4) is 11.8 Å². The molecule has 0 aliphatic carbocycles. The predicted molar refractivity (Wildman–Crippen MR) is 350 cm³/mol. The van der Waals surface area contributed by atoms with E-state index in [0.717, 1.165) is 21.6 Å². The maximum Gasteiger partial charge on any atom is 0.410 e. The van der Waals surface area contributed by atoms with Crippen molar-refractivity contribution in [1.29, 1.82) is 0 Å². The van der Waals surface area contributed by atoms with Gasteiger partial charge in [-0.3, -0.25) is 43.3 Å². The van der Waals surface area contributed by atoms with Gasteiger partial charge in [0.05, 0.1) is 77.3 Å². The summed E-state index contributed by atoms with van der Waals surface area (Å²) in [6.07, 6.45) is -6.68. The molecule has 0 bridgehead atoms. The van der Waals surface area contributed by atoms with Crippen LogP contribution in [0.1, 0.15) is 101 Å². The lowest BCUT2D eigenvalue weighted by atomic mass is 10.0. The van der Waals surface area contributed by atoms with E-state index in [2.05, 4.69) is 49.1 Å². The SMILES string of the molecule is CC(C)[C@H](NC(=O)[C@@H](CCC(=O)NC[C@H](O)[C@@H](O)[C@H](O)CCO)NC(=O)CCOCCOCCOCCOCCNC(=O)CCC(=O)N1Cc2ccccc2C#Cc2ccccc21)C(=O)NC(CCCNC(N)=O)C(=O)Nc1ccc(COC(=O)N(C)[C@H](C(N)=O)C(C)C)cc1. The van der Waals surface area contributed by atoms with Gasteiger partial charge in [-0.1, -0.05) is 82.0 Å². The first-order valence-electron chi connectivity index (χ1n) is 31.9. The summed E-state index contributed by atoms with van der Waals surface area (Å²) in [5.41, 5.74) is 14.7. The third-order valence-electron chi connectivity index (χ3n) is 15.0. The first kappa shape index (κ1) is 79.6. The maximum absolute atomic E-state index is 14.1. The first-order chi connectivity index (χ1) is 45.9. The molecule has 1 aliphatic rings. The molecule has 0 fully saturated rings. The fourth-order valence-corrected chi connectivity index (χ4v) is 9.72. The van der Waals surface area contributed by atoms with E-state index in [0.29, 0.717) is 17.8 Å². The summed E-state index contributed by atoms with van der Waals surface area (Å²) < 4.78 is 27.6. The number of anilines is 2. The van der Waals surface area contributed by atoms with Crippen molar-refractivity contribution < 1.29 is 92.1 Å². The topological polar surface area (TPSA) is 440 Å². The molecule has 30 nitrogen and oxygen atoms in total. The van der Waals surface area contributed by atoms with Crippen LogP contribution in [0, 0.1) is 23.7 Å². The van der Waals surface area contributed by atoms with Crippen LogP contribution in [0.15, 0.2) is 72.8 Å². The summed E-state index contributed by atoms with van der Waals surface area (Å²) in [5.74, 6) is 0.535. The second-order valence-corrected chi connectivity index (χ2v) is 23.2. The number of para-hydroxylation sites is 1. The standard InChI is InChI=1S/C66H95N11O19/c1-42(2)58(64(89)74-49(14-10-28-70-65(68)90)62(87)72-48-20-16-44(17-21-48)41-96-66(91)76(5)59(43(3)4)61(67)86)75-63(88)50(22-23-55(82)71-39-53(80)60(85)52(79)26-30-78)73-56(83)27-31-92-33-35-94-37-38-95-36-34-93-32-29-69-54(81)24-25-57(84)77-40-47-13-7-6-11-45(47)18-19-46-12-8-9-15-51(46)77/h6-9,11-13,15-17,20-21,42-43,49-50,52-53,58-60,78-80,85H,10,14,22-41H2,1-5H3,(H2,67,86)(H,69,81)(H,71,82)(H,72,87)(H,73,83)(H,74,89)(H,75,88)(H3,68,70,90)/t49?,50-,52-,53+,58+,59+,60+/m1/s1. The molecule has 4 rings (SSSR count). The van der Waals surface area contributed by atoms with Gasteiger partial charge >= 0.3 is 12.1 Å². The van der Waals surface area contributed by atoms with Gasteiger partial charge in [-0.2, -0.15) is 0 Å². The summed E-state index contributed by atoms with van der Waals surface area (Å²) in [6, 6.07) is 15.6. The highest BCUT2D eigenvalue weighted by Gasteiger charge is 2.33. The maximum atomic E-state index is 14.1. The largest absolute Gasteiger partial charge is 0.445 e. The number of urea groups is 1. The molecule has 0 saturated heterocycles. The van der Waals surface area contributed by atoms with Crippen LogP contribution in [0.5, 0.6) is 0 Å². The van der Waals surface area contributed by atoms with Gasteiger partial charge in [0, 0.05) is 75.8 Å². The number of aliphatic hydroxyl groups is 4. The average molecular weight is 1350 g/mol. The predicted octanol–water partition coefficient (Wildman–Crippen LogP) is -0.0767. The number of carbonyl (C=O) groups is 10. The molecule has 528 valence electrons. The van der Waals surface area contributed by atoms with Gasteiger partial charge in [-0.15, -0.1) is 0 Å². The van der Waals surface area contributed by atoms with Gasteiger partial charge in [-0.05, 0) is 79.0 Å². The number of hydrogen-bond donors (Lipinski definition) is 13. The van der Waals surface area contributed by atoms with E-state index in [1.54, 1.807) is 44.7 Å². The molecule has 0 saturated carbocycles. The van der Waals surface area contributed by atoms with E-state index < -0.39 is 116 Å².